The van der Waals surface area contributed by atoms with E-state index in [0.29, 0.717) is 31.1 Å². The number of rotatable bonds is 9. The number of allylic oxidation sites excluding steroid dienone is 1. The molecule has 0 aromatic heterocycles. The molecule has 1 amide bonds. The van der Waals surface area contributed by atoms with Crippen molar-refractivity contribution in [2.75, 3.05) is 40.3 Å². The highest BCUT2D eigenvalue weighted by molar-refractivity contribution is 5.91. The second-order valence-electron chi connectivity index (χ2n) is 8.45. The minimum atomic E-state index is -0.563. The average Bonchev–Trinajstić information content (AvgIpc) is 3.31. The van der Waals surface area contributed by atoms with Crippen LogP contribution in [0.4, 0.5) is 0 Å². The lowest BCUT2D eigenvalue weighted by molar-refractivity contribution is -0.157. The molecule has 2 atom stereocenters. The quantitative estimate of drug-likeness (QED) is 0.583. The van der Waals surface area contributed by atoms with E-state index in [4.69, 9.17) is 28.8 Å². The molecule has 1 N–H and O–H groups in total. The van der Waals surface area contributed by atoms with Gasteiger partial charge >= 0.3 is 0 Å². The smallest absolute Gasteiger partial charge is 0.288 e. The van der Waals surface area contributed by atoms with Gasteiger partial charge in [0.05, 0.1) is 26.4 Å². The Hall–Kier alpha value is -2.29. The summed E-state index contributed by atoms with van der Waals surface area (Å²) in [5.41, 5.74) is 1.02. The number of fused-ring (bicyclic) bond motifs is 1. The minimum Gasteiger partial charge on any atom is -0.459 e. The van der Waals surface area contributed by atoms with Gasteiger partial charge in [-0.1, -0.05) is 25.3 Å². The number of amides is 1. The van der Waals surface area contributed by atoms with Gasteiger partial charge in [0.15, 0.2) is 17.3 Å². The van der Waals surface area contributed by atoms with Crippen LogP contribution in [0.15, 0.2) is 30.0 Å². The maximum absolute atomic E-state index is 13.3. The number of hydrogen-bond donors (Lipinski definition) is 1. The van der Waals surface area contributed by atoms with Gasteiger partial charge in [-0.3, -0.25) is 4.79 Å². The average molecular weight is 448 g/mol. The third kappa shape index (κ3) is 5.54. The lowest BCUT2D eigenvalue weighted by Crippen LogP contribution is -2.41. The summed E-state index contributed by atoms with van der Waals surface area (Å²) in [6, 6.07) is 6.10. The highest BCUT2D eigenvalue weighted by Crippen LogP contribution is 2.38. The van der Waals surface area contributed by atoms with E-state index in [9.17, 15) is 4.79 Å². The molecule has 1 fully saturated rings. The van der Waals surface area contributed by atoms with Crippen LogP contribution >= 0.6 is 0 Å². The lowest BCUT2D eigenvalue weighted by atomic mass is 9.91. The van der Waals surface area contributed by atoms with Gasteiger partial charge in [-0.25, -0.2) is 0 Å². The Morgan fingerprint density at radius 3 is 2.75 bits per heavy atom. The van der Waals surface area contributed by atoms with Crippen molar-refractivity contribution >= 4 is 5.91 Å². The van der Waals surface area contributed by atoms with Gasteiger partial charge in [0.25, 0.3) is 5.91 Å². The van der Waals surface area contributed by atoms with E-state index in [2.05, 4.69) is 0 Å². The zero-order chi connectivity index (χ0) is 22.3. The monoisotopic (exact) mass is 447 g/mol. The topological polar surface area (TPSA) is 86.7 Å². The summed E-state index contributed by atoms with van der Waals surface area (Å²) in [4.78, 5) is 15.1. The molecule has 0 spiro atoms. The standard InChI is InChI=1S/C24H33NO7/c1-25(19-5-3-2-4-6-19)24(27)22-14-18(15-23(32-22)29-12-11-28-10-9-26)17-7-8-20-21(13-17)31-16-30-20/h7-8,13-14,18-19,23,26H,2-6,9-12,15-16H2,1H3/t18-,23+/m1/s1. The van der Waals surface area contributed by atoms with Crippen LogP contribution in [0.1, 0.15) is 50.0 Å². The second kappa shape index (κ2) is 11.0. The summed E-state index contributed by atoms with van der Waals surface area (Å²) in [6.45, 7) is 1.13. The van der Waals surface area contributed by atoms with Crippen LogP contribution in [-0.2, 0) is 19.0 Å². The molecule has 2 heterocycles. The molecule has 0 radical (unpaired) electrons. The van der Waals surface area contributed by atoms with E-state index >= 15 is 0 Å². The number of nitrogens with zero attached hydrogens (tertiary/aromatic N) is 1. The molecule has 8 heteroatoms. The van der Waals surface area contributed by atoms with Crippen LogP contribution in [0.5, 0.6) is 11.5 Å². The SMILES string of the molecule is CN(C(=O)C1=C[C@@H](c2ccc3c(c2)OCO3)C[C@@H](OCCOCCO)O1)C1CCCCC1. The van der Waals surface area contributed by atoms with Crippen molar-refractivity contribution in [1.29, 1.82) is 0 Å². The van der Waals surface area contributed by atoms with E-state index in [1.54, 1.807) is 0 Å². The van der Waals surface area contributed by atoms with E-state index < -0.39 is 6.29 Å². The van der Waals surface area contributed by atoms with Crippen LogP contribution in [-0.4, -0.2) is 68.5 Å². The van der Waals surface area contributed by atoms with Crippen molar-refractivity contribution in [3.05, 3.63) is 35.6 Å². The number of aliphatic hydroxyl groups excluding tert-OH is 1. The maximum Gasteiger partial charge on any atom is 0.288 e. The van der Waals surface area contributed by atoms with E-state index in [1.807, 2.05) is 36.2 Å². The highest BCUT2D eigenvalue weighted by Gasteiger charge is 2.33. The summed E-state index contributed by atoms with van der Waals surface area (Å²) in [5.74, 6) is 1.61. The number of likely N-dealkylation sites (N-methyl/N-ethyl adjacent to an activating group) is 1. The number of carbonyl (C=O) groups is 1. The van der Waals surface area contributed by atoms with Crippen molar-refractivity contribution in [3.8, 4) is 11.5 Å². The summed E-state index contributed by atoms with van der Waals surface area (Å²) >= 11 is 0. The Morgan fingerprint density at radius 1 is 1.12 bits per heavy atom. The maximum atomic E-state index is 13.3. The number of carbonyl (C=O) groups excluding carboxylic acids is 1. The zero-order valence-corrected chi connectivity index (χ0v) is 18.7. The van der Waals surface area contributed by atoms with Crippen LogP contribution in [0.25, 0.3) is 0 Å². The summed E-state index contributed by atoms with van der Waals surface area (Å²) < 4.78 is 28.1. The zero-order valence-electron chi connectivity index (χ0n) is 18.7. The normalized spacial score (nSPS) is 22.9. The van der Waals surface area contributed by atoms with Crippen molar-refractivity contribution in [2.24, 2.45) is 0 Å². The molecule has 0 bridgehead atoms. The largest absolute Gasteiger partial charge is 0.459 e. The van der Waals surface area contributed by atoms with Gasteiger partial charge in [-0.2, -0.15) is 0 Å². The van der Waals surface area contributed by atoms with Gasteiger partial charge in [0.2, 0.25) is 13.1 Å². The molecule has 176 valence electrons. The first-order valence-electron chi connectivity index (χ1n) is 11.5. The molecular weight excluding hydrogens is 414 g/mol. The van der Waals surface area contributed by atoms with Crippen molar-refractivity contribution in [3.63, 3.8) is 0 Å². The predicted octanol–water partition coefficient (Wildman–Crippen LogP) is 2.95. The Labute approximate surface area is 189 Å². The first kappa shape index (κ1) is 22.9. The van der Waals surface area contributed by atoms with Crippen molar-refractivity contribution in [2.45, 2.75) is 56.8 Å². The summed E-state index contributed by atoms with van der Waals surface area (Å²) in [6.07, 6.45) is 7.52. The molecule has 4 rings (SSSR count). The van der Waals surface area contributed by atoms with E-state index in [-0.39, 0.29) is 37.9 Å². The fraction of sp³-hybridized carbons (Fsp3) is 0.625. The number of aliphatic hydroxyl groups is 1. The van der Waals surface area contributed by atoms with Gasteiger partial charge < -0.3 is 33.7 Å². The molecule has 1 aromatic rings. The molecule has 3 aliphatic rings. The molecular formula is C24H33NO7. The fourth-order valence-electron chi connectivity index (χ4n) is 4.50. The van der Waals surface area contributed by atoms with Crippen molar-refractivity contribution in [1.82, 2.24) is 4.90 Å². The number of ether oxygens (including phenoxy) is 5. The molecule has 0 saturated heterocycles. The van der Waals surface area contributed by atoms with Gasteiger partial charge in [0.1, 0.15) is 0 Å². The molecule has 32 heavy (non-hydrogen) atoms. The minimum absolute atomic E-state index is 0.0268. The molecule has 8 nitrogen and oxygen atoms in total. The van der Waals surface area contributed by atoms with Gasteiger partial charge in [-0.15, -0.1) is 0 Å². The fourth-order valence-corrected chi connectivity index (χ4v) is 4.50. The summed E-state index contributed by atoms with van der Waals surface area (Å²) in [5, 5.41) is 8.84. The predicted molar refractivity (Wildman–Crippen MR) is 116 cm³/mol. The Kier molecular flexibility index (Phi) is 7.89. The molecule has 0 unspecified atom stereocenters. The van der Waals surface area contributed by atoms with Crippen molar-refractivity contribution < 1.29 is 33.6 Å². The second-order valence-corrected chi connectivity index (χ2v) is 8.45. The van der Waals surface area contributed by atoms with Crippen LogP contribution in [0.3, 0.4) is 0 Å². The molecule has 1 aromatic carbocycles. The first-order chi connectivity index (χ1) is 15.7. The van der Waals surface area contributed by atoms with Gasteiger partial charge in [0, 0.05) is 25.4 Å². The van der Waals surface area contributed by atoms with E-state index in [1.165, 1.54) is 6.42 Å². The number of hydrogen-bond acceptors (Lipinski definition) is 7. The third-order valence-electron chi connectivity index (χ3n) is 6.30. The number of benzene rings is 1. The Bertz CT molecular complexity index is 806. The lowest BCUT2D eigenvalue weighted by Gasteiger charge is -2.34. The van der Waals surface area contributed by atoms with Crippen LogP contribution < -0.4 is 9.47 Å². The Morgan fingerprint density at radius 2 is 1.94 bits per heavy atom. The molecule has 1 aliphatic carbocycles. The first-order valence-corrected chi connectivity index (χ1v) is 11.5. The Balaban J connectivity index is 1.49. The molecule has 2 aliphatic heterocycles. The van der Waals surface area contributed by atoms with Crippen LogP contribution in [0, 0.1) is 0 Å². The highest BCUT2D eigenvalue weighted by atomic mass is 16.7. The van der Waals surface area contributed by atoms with Gasteiger partial charge in [-0.05, 0) is 36.6 Å². The summed E-state index contributed by atoms with van der Waals surface area (Å²) in [7, 11) is 1.87. The van der Waals surface area contributed by atoms with Crippen LogP contribution in [0.2, 0.25) is 0 Å². The van der Waals surface area contributed by atoms with E-state index in [0.717, 1.165) is 37.0 Å². The molecule has 1 saturated carbocycles. The third-order valence-corrected chi connectivity index (χ3v) is 6.30.